The van der Waals surface area contributed by atoms with Gasteiger partial charge in [0, 0.05) is 12.1 Å². The van der Waals surface area contributed by atoms with Gasteiger partial charge in [0.25, 0.3) is 0 Å². The van der Waals surface area contributed by atoms with Crippen molar-refractivity contribution < 1.29 is 4.74 Å². The quantitative estimate of drug-likeness (QED) is 0.842. The molecule has 2 rings (SSSR count). The van der Waals surface area contributed by atoms with E-state index in [2.05, 4.69) is 17.4 Å². The number of piperidine rings is 1. The van der Waals surface area contributed by atoms with Crippen LogP contribution in [0.4, 0.5) is 0 Å². The Balaban J connectivity index is 1.89. The molecular formula is C15H24N2O. The van der Waals surface area contributed by atoms with Crippen LogP contribution in [0.5, 0.6) is 5.75 Å². The molecule has 0 saturated carbocycles. The van der Waals surface area contributed by atoms with Crippen LogP contribution in [0.15, 0.2) is 24.3 Å². The van der Waals surface area contributed by atoms with E-state index in [1.165, 1.54) is 24.8 Å². The highest BCUT2D eigenvalue weighted by atomic mass is 16.5. The average molecular weight is 248 g/mol. The maximum atomic E-state index is 6.27. The molecule has 1 aromatic carbocycles. The van der Waals surface area contributed by atoms with Crippen LogP contribution in [0.3, 0.4) is 0 Å². The van der Waals surface area contributed by atoms with Crippen molar-refractivity contribution in [3.8, 4) is 5.75 Å². The lowest BCUT2D eigenvalue weighted by atomic mass is 9.95. The molecule has 1 aliphatic heterocycles. The minimum Gasteiger partial charge on any atom is -0.494 e. The average Bonchev–Trinajstić information content (AvgIpc) is 2.41. The van der Waals surface area contributed by atoms with Gasteiger partial charge in [-0.05, 0) is 50.4 Å². The fourth-order valence-corrected chi connectivity index (χ4v) is 2.55. The fourth-order valence-electron chi connectivity index (χ4n) is 2.55. The van der Waals surface area contributed by atoms with Crippen molar-refractivity contribution in [1.82, 2.24) is 5.32 Å². The van der Waals surface area contributed by atoms with E-state index in [-0.39, 0.29) is 6.04 Å². The van der Waals surface area contributed by atoms with Crippen molar-refractivity contribution in [2.24, 2.45) is 5.73 Å². The predicted octanol–water partition coefficient (Wildman–Crippen LogP) is 2.62. The summed E-state index contributed by atoms with van der Waals surface area (Å²) in [6.45, 7) is 3.84. The van der Waals surface area contributed by atoms with E-state index in [1.54, 1.807) is 0 Å². The molecule has 0 aromatic heterocycles. The lowest BCUT2D eigenvalue weighted by molar-refractivity contribution is 0.339. The Morgan fingerprint density at radius 1 is 1.33 bits per heavy atom. The van der Waals surface area contributed by atoms with Gasteiger partial charge in [0.15, 0.2) is 0 Å². The largest absolute Gasteiger partial charge is 0.494 e. The standard InChI is InChI=1S/C15H24N2O/c1-2-18-14-8-6-12(7-9-14)15(16)11-13-5-3-4-10-17-13/h6-9,13,15,17H,2-5,10-11,16H2,1H3. The minimum atomic E-state index is 0.122. The van der Waals surface area contributed by atoms with Crippen LogP contribution in [-0.4, -0.2) is 19.2 Å². The Morgan fingerprint density at radius 2 is 2.11 bits per heavy atom. The maximum Gasteiger partial charge on any atom is 0.119 e. The van der Waals surface area contributed by atoms with Crippen molar-refractivity contribution in [3.63, 3.8) is 0 Å². The first-order chi connectivity index (χ1) is 8.79. The second-order valence-electron chi connectivity index (χ2n) is 4.99. The third-order valence-corrected chi connectivity index (χ3v) is 3.57. The Labute approximate surface area is 110 Å². The fraction of sp³-hybridized carbons (Fsp3) is 0.600. The summed E-state index contributed by atoms with van der Waals surface area (Å²) >= 11 is 0. The summed E-state index contributed by atoms with van der Waals surface area (Å²) in [5, 5.41) is 3.55. The third-order valence-electron chi connectivity index (χ3n) is 3.57. The molecule has 0 spiro atoms. The molecule has 1 fully saturated rings. The number of hydrogen-bond donors (Lipinski definition) is 2. The van der Waals surface area contributed by atoms with Crippen molar-refractivity contribution in [2.75, 3.05) is 13.2 Å². The first-order valence-electron chi connectivity index (χ1n) is 7.01. The first-order valence-corrected chi connectivity index (χ1v) is 7.01. The first kappa shape index (κ1) is 13.4. The molecule has 1 saturated heterocycles. The summed E-state index contributed by atoms with van der Waals surface area (Å²) < 4.78 is 5.44. The van der Waals surface area contributed by atoms with Gasteiger partial charge in [-0.1, -0.05) is 18.6 Å². The van der Waals surface area contributed by atoms with Gasteiger partial charge in [-0.2, -0.15) is 0 Å². The summed E-state index contributed by atoms with van der Waals surface area (Å²) in [5.74, 6) is 0.921. The summed E-state index contributed by atoms with van der Waals surface area (Å²) in [5.41, 5.74) is 7.47. The highest BCUT2D eigenvalue weighted by Gasteiger charge is 2.17. The molecular weight excluding hydrogens is 224 g/mol. The second-order valence-corrected chi connectivity index (χ2v) is 4.99. The Morgan fingerprint density at radius 3 is 2.72 bits per heavy atom. The van der Waals surface area contributed by atoms with E-state index in [0.717, 1.165) is 18.7 Å². The molecule has 100 valence electrons. The zero-order chi connectivity index (χ0) is 12.8. The van der Waals surface area contributed by atoms with E-state index >= 15 is 0 Å². The van der Waals surface area contributed by atoms with E-state index in [1.807, 2.05) is 19.1 Å². The van der Waals surface area contributed by atoms with Crippen molar-refractivity contribution >= 4 is 0 Å². The number of ether oxygens (including phenoxy) is 1. The predicted molar refractivity (Wildman–Crippen MR) is 74.8 cm³/mol. The van der Waals surface area contributed by atoms with Gasteiger partial charge < -0.3 is 15.8 Å². The number of nitrogens with one attached hydrogen (secondary N) is 1. The molecule has 0 radical (unpaired) electrons. The third kappa shape index (κ3) is 3.72. The summed E-state index contributed by atoms with van der Waals surface area (Å²) in [6, 6.07) is 8.88. The van der Waals surface area contributed by atoms with E-state index in [9.17, 15) is 0 Å². The van der Waals surface area contributed by atoms with E-state index in [0.29, 0.717) is 12.6 Å². The highest BCUT2D eigenvalue weighted by molar-refractivity contribution is 5.29. The van der Waals surface area contributed by atoms with Crippen molar-refractivity contribution in [3.05, 3.63) is 29.8 Å². The summed E-state index contributed by atoms with van der Waals surface area (Å²) in [4.78, 5) is 0. The van der Waals surface area contributed by atoms with Crippen molar-refractivity contribution in [2.45, 2.75) is 44.7 Å². The van der Waals surface area contributed by atoms with Crippen molar-refractivity contribution in [1.29, 1.82) is 0 Å². The van der Waals surface area contributed by atoms with Crippen LogP contribution < -0.4 is 15.8 Å². The number of rotatable bonds is 5. The lowest BCUT2D eigenvalue weighted by Gasteiger charge is -2.26. The zero-order valence-electron chi connectivity index (χ0n) is 11.2. The van der Waals surface area contributed by atoms with Crippen LogP contribution in [0.2, 0.25) is 0 Å². The monoisotopic (exact) mass is 248 g/mol. The SMILES string of the molecule is CCOc1ccc(C(N)CC2CCCCN2)cc1. The summed E-state index contributed by atoms with van der Waals surface area (Å²) in [7, 11) is 0. The molecule has 0 aliphatic carbocycles. The van der Waals surface area contributed by atoms with Crippen LogP contribution in [0.1, 0.15) is 44.2 Å². The molecule has 2 atom stereocenters. The molecule has 2 unspecified atom stereocenters. The number of nitrogens with two attached hydrogens (primary N) is 1. The van der Waals surface area contributed by atoms with Crippen LogP contribution in [-0.2, 0) is 0 Å². The number of hydrogen-bond acceptors (Lipinski definition) is 3. The van der Waals surface area contributed by atoms with Crippen LogP contribution in [0, 0.1) is 0 Å². The Kier molecular flexibility index (Phi) is 5.02. The van der Waals surface area contributed by atoms with Gasteiger partial charge in [-0.15, -0.1) is 0 Å². The molecule has 1 heterocycles. The molecule has 3 N–H and O–H groups in total. The Bertz CT molecular complexity index is 344. The molecule has 18 heavy (non-hydrogen) atoms. The zero-order valence-corrected chi connectivity index (χ0v) is 11.2. The maximum absolute atomic E-state index is 6.27. The van der Waals surface area contributed by atoms with E-state index in [4.69, 9.17) is 10.5 Å². The Hall–Kier alpha value is -1.06. The second kappa shape index (κ2) is 6.76. The van der Waals surface area contributed by atoms with Gasteiger partial charge in [-0.3, -0.25) is 0 Å². The minimum absolute atomic E-state index is 0.122. The van der Waals surface area contributed by atoms with Gasteiger partial charge in [0.05, 0.1) is 6.61 Å². The van der Waals surface area contributed by atoms with Crippen LogP contribution >= 0.6 is 0 Å². The van der Waals surface area contributed by atoms with Gasteiger partial charge >= 0.3 is 0 Å². The highest BCUT2D eigenvalue weighted by Crippen LogP contribution is 2.22. The molecule has 0 bridgehead atoms. The molecule has 1 aliphatic rings. The normalized spacial score (nSPS) is 21.6. The summed E-state index contributed by atoms with van der Waals surface area (Å²) in [6.07, 6.45) is 4.90. The molecule has 3 nitrogen and oxygen atoms in total. The molecule has 1 aromatic rings. The topological polar surface area (TPSA) is 47.3 Å². The van der Waals surface area contributed by atoms with Gasteiger partial charge in [0.1, 0.15) is 5.75 Å². The smallest absolute Gasteiger partial charge is 0.119 e. The molecule has 3 heteroatoms. The van der Waals surface area contributed by atoms with Gasteiger partial charge in [-0.25, -0.2) is 0 Å². The number of benzene rings is 1. The lowest BCUT2D eigenvalue weighted by Crippen LogP contribution is -2.36. The molecule has 0 amide bonds. The van der Waals surface area contributed by atoms with Gasteiger partial charge in [0.2, 0.25) is 0 Å². The van der Waals surface area contributed by atoms with E-state index < -0.39 is 0 Å². The van der Waals surface area contributed by atoms with Crippen LogP contribution in [0.25, 0.3) is 0 Å².